The van der Waals surface area contributed by atoms with Crippen LogP contribution in [0.15, 0.2) is 54.6 Å². The highest BCUT2D eigenvalue weighted by Gasteiger charge is 1.94. The fraction of sp³-hybridized carbons (Fsp3) is 0. The lowest BCUT2D eigenvalue weighted by Gasteiger charge is -2.00. The summed E-state index contributed by atoms with van der Waals surface area (Å²) in [5.41, 5.74) is 2.42. The minimum atomic E-state index is -4.19. The van der Waals surface area contributed by atoms with Crippen molar-refractivity contribution in [3.05, 3.63) is 59.6 Å². The number of hydrogen-bond donors (Lipinski definition) is 1. The van der Waals surface area contributed by atoms with Gasteiger partial charge in [0.1, 0.15) is 0 Å². The highest BCUT2D eigenvalue weighted by molar-refractivity contribution is 8.09. The fourth-order valence-electron chi connectivity index (χ4n) is 1.27. The Bertz CT molecular complexity index is 572. The van der Waals surface area contributed by atoms with E-state index in [1.165, 1.54) is 11.1 Å². The Balaban J connectivity index is 0.000000280. The topological polar surface area (TPSA) is 54.4 Å². The van der Waals surface area contributed by atoms with Crippen LogP contribution in [0.5, 0.6) is 0 Å². The van der Waals surface area contributed by atoms with E-state index in [0.717, 1.165) is 5.02 Å². The molecule has 0 fully saturated rings. The molecule has 0 radical (unpaired) electrons. The van der Waals surface area contributed by atoms with Crippen LogP contribution in [-0.4, -0.2) is 13.0 Å². The molecule has 0 aliphatic heterocycles. The van der Waals surface area contributed by atoms with Gasteiger partial charge in [0.15, 0.2) is 0 Å². The standard InChI is InChI=1S/C12H9Cl.ClHO3S/c13-12-8-6-11(7-9-12)10-4-2-1-3-5-10;1-5(2,3)4/h1-9H;(H,2,3,4). The smallest absolute Gasteiger partial charge is 0.273 e. The lowest BCUT2D eigenvalue weighted by atomic mass is 10.1. The quantitative estimate of drug-likeness (QED) is 0.639. The molecule has 0 aromatic heterocycles. The van der Waals surface area contributed by atoms with Gasteiger partial charge in [-0.25, -0.2) is 0 Å². The van der Waals surface area contributed by atoms with E-state index in [9.17, 15) is 0 Å². The SMILES string of the molecule is Clc1ccc(-c2ccccc2)cc1.O=S(=O)(O)Cl. The van der Waals surface area contributed by atoms with E-state index in [0.29, 0.717) is 0 Å². The molecule has 0 atom stereocenters. The van der Waals surface area contributed by atoms with Gasteiger partial charge in [0.25, 0.3) is 0 Å². The molecule has 0 saturated heterocycles. The van der Waals surface area contributed by atoms with Gasteiger partial charge in [0.05, 0.1) is 0 Å². The zero-order chi connectivity index (χ0) is 13.6. The fourth-order valence-corrected chi connectivity index (χ4v) is 1.40. The van der Waals surface area contributed by atoms with Crippen LogP contribution in [0.3, 0.4) is 0 Å². The van der Waals surface area contributed by atoms with Gasteiger partial charge < -0.3 is 0 Å². The molecule has 0 unspecified atom stereocenters. The summed E-state index contributed by atoms with van der Waals surface area (Å²) in [6.07, 6.45) is 0. The minimum absolute atomic E-state index is 0.777. The van der Waals surface area contributed by atoms with Crippen molar-refractivity contribution in [2.75, 3.05) is 0 Å². The zero-order valence-electron chi connectivity index (χ0n) is 9.12. The molecule has 2 rings (SSSR count). The minimum Gasteiger partial charge on any atom is -0.273 e. The van der Waals surface area contributed by atoms with Crippen molar-refractivity contribution < 1.29 is 13.0 Å². The van der Waals surface area contributed by atoms with Crippen LogP contribution in [0.1, 0.15) is 0 Å². The summed E-state index contributed by atoms with van der Waals surface area (Å²) in [6, 6.07) is 18.1. The van der Waals surface area contributed by atoms with E-state index in [-0.39, 0.29) is 0 Å². The molecule has 2 aromatic rings. The van der Waals surface area contributed by atoms with Crippen LogP contribution in [0.4, 0.5) is 0 Å². The van der Waals surface area contributed by atoms with E-state index in [1.54, 1.807) is 0 Å². The molecule has 2 aromatic carbocycles. The maximum atomic E-state index is 8.95. The van der Waals surface area contributed by atoms with Crippen molar-refractivity contribution >= 4 is 31.6 Å². The summed E-state index contributed by atoms with van der Waals surface area (Å²) >= 11 is 5.80. The van der Waals surface area contributed by atoms with Gasteiger partial charge in [-0.1, -0.05) is 54.1 Å². The van der Waals surface area contributed by atoms with E-state index in [1.807, 2.05) is 42.5 Å². The Morgan fingerprint density at radius 1 is 0.833 bits per heavy atom. The van der Waals surface area contributed by atoms with Crippen molar-refractivity contribution in [2.45, 2.75) is 0 Å². The molecule has 0 aliphatic rings. The average Bonchev–Trinajstić information content (AvgIpc) is 2.29. The first-order valence-corrected chi connectivity index (χ1v) is 7.49. The molecule has 0 spiro atoms. The van der Waals surface area contributed by atoms with E-state index in [2.05, 4.69) is 22.8 Å². The molecule has 0 heterocycles. The van der Waals surface area contributed by atoms with Crippen LogP contribution in [-0.2, 0) is 9.33 Å². The highest BCUT2D eigenvalue weighted by Crippen LogP contribution is 2.20. The second-order valence-corrected chi connectivity index (χ2v) is 5.72. The molecule has 96 valence electrons. The Hall–Kier alpha value is -1.07. The third-order valence-corrected chi connectivity index (χ3v) is 2.20. The van der Waals surface area contributed by atoms with Crippen molar-refractivity contribution in [1.82, 2.24) is 0 Å². The van der Waals surface area contributed by atoms with Crippen molar-refractivity contribution in [3.63, 3.8) is 0 Å². The summed E-state index contributed by atoms with van der Waals surface area (Å²) < 4.78 is 25.2. The van der Waals surface area contributed by atoms with Gasteiger partial charge in [-0.05, 0) is 23.3 Å². The largest absolute Gasteiger partial charge is 0.353 e. The van der Waals surface area contributed by atoms with Gasteiger partial charge >= 0.3 is 9.33 Å². The Morgan fingerprint density at radius 2 is 1.22 bits per heavy atom. The second kappa shape index (κ2) is 6.75. The first kappa shape index (κ1) is 15.0. The van der Waals surface area contributed by atoms with E-state index < -0.39 is 9.33 Å². The van der Waals surface area contributed by atoms with Crippen LogP contribution < -0.4 is 0 Å². The van der Waals surface area contributed by atoms with Crippen molar-refractivity contribution in [2.24, 2.45) is 0 Å². The molecular weight excluding hydrogens is 295 g/mol. The summed E-state index contributed by atoms with van der Waals surface area (Å²) in [5, 5.41) is 0.777. The average molecular weight is 305 g/mol. The van der Waals surface area contributed by atoms with Crippen LogP contribution >= 0.6 is 22.3 Å². The van der Waals surface area contributed by atoms with Gasteiger partial charge in [0.2, 0.25) is 0 Å². The van der Waals surface area contributed by atoms with Gasteiger partial charge in [-0.2, -0.15) is 8.42 Å². The molecule has 1 N–H and O–H groups in total. The summed E-state index contributed by atoms with van der Waals surface area (Å²) in [4.78, 5) is 0. The van der Waals surface area contributed by atoms with Crippen LogP contribution in [0.25, 0.3) is 11.1 Å². The third kappa shape index (κ3) is 6.61. The van der Waals surface area contributed by atoms with E-state index >= 15 is 0 Å². The molecule has 0 aliphatic carbocycles. The normalized spacial score (nSPS) is 10.4. The number of halogens is 2. The Morgan fingerprint density at radius 3 is 1.67 bits per heavy atom. The monoisotopic (exact) mass is 304 g/mol. The summed E-state index contributed by atoms with van der Waals surface area (Å²) in [5.74, 6) is 0. The molecule has 0 saturated carbocycles. The maximum absolute atomic E-state index is 8.95. The molecule has 6 heteroatoms. The molecular formula is C12H10Cl2O3S. The first-order valence-electron chi connectivity index (χ1n) is 4.84. The number of rotatable bonds is 1. The highest BCUT2D eigenvalue weighted by atomic mass is 35.7. The molecule has 3 nitrogen and oxygen atoms in total. The predicted molar refractivity (Wildman–Crippen MR) is 74.3 cm³/mol. The first-order chi connectivity index (χ1) is 8.36. The molecule has 0 bridgehead atoms. The Kier molecular flexibility index (Phi) is 5.62. The number of benzene rings is 2. The second-order valence-electron chi connectivity index (χ2n) is 3.29. The van der Waals surface area contributed by atoms with Crippen LogP contribution in [0, 0.1) is 0 Å². The zero-order valence-corrected chi connectivity index (χ0v) is 11.5. The van der Waals surface area contributed by atoms with E-state index in [4.69, 9.17) is 24.6 Å². The van der Waals surface area contributed by atoms with Gasteiger partial charge in [-0.15, -0.1) is 0 Å². The van der Waals surface area contributed by atoms with Gasteiger partial charge in [0, 0.05) is 15.7 Å². The predicted octanol–water partition coefficient (Wildman–Crippen LogP) is 4.04. The Labute approximate surface area is 115 Å². The molecule has 0 amide bonds. The maximum Gasteiger partial charge on any atom is 0.353 e. The summed E-state index contributed by atoms with van der Waals surface area (Å²) in [7, 11) is -0.137. The lowest BCUT2D eigenvalue weighted by Crippen LogP contribution is -1.77. The molecule has 18 heavy (non-hydrogen) atoms. The number of hydrogen-bond acceptors (Lipinski definition) is 2. The van der Waals surface area contributed by atoms with Gasteiger partial charge in [-0.3, -0.25) is 4.55 Å². The lowest BCUT2D eigenvalue weighted by molar-refractivity contribution is 0.501. The van der Waals surface area contributed by atoms with Crippen LogP contribution in [0.2, 0.25) is 5.02 Å². The summed E-state index contributed by atoms with van der Waals surface area (Å²) in [6.45, 7) is 0. The van der Waals surface area contributed by atoms with Crippen molar-refractivity contribution in [1.29, 1.82) is 0 Å². The van der Waals surface area contributed by atoms with Crippen molar-refractivity contribution in [3.8, 4) is 11.1 Å². The third-order valence-electron chi connectivity index (χ3n) is 1.95.